The standard InChI is InChI=1S/C15H21N3S2/c1-12-15(20-11-17-12)9-18(7-13-2-4-16-6-13)8-14-3-5-19-10-14/h3,5,10-11,13,16H,2,4,6-9H2,1H3/t13-/m1/s1. The first kappa shape index (κ1) is 14.2. The number of hydrogen-bond acceptors (Lipinski definition) is 5. The average molecular weight is 307 g/mol. The molecule has 1 atom stereocenters. The second-order valence-corrected chi connectivity index (χ2v) is 7.24. The van der Waals surface area contributed by atoms with E-state index in [0.717, 1.165) is 19.0 Å². The Kier molecular flexibility index (Phi) is 4.83. The Hall–Kier alpha value is -0.750. The van der Waals surface area contributed by atoms with Crippen LogP contribution in [-0.2, 0) is 13.1 Å². The van der Waals surface area contributed by atoms with E-state index in [0.29, 0.717) is 0 Å². The minimum absolute atomic E-state index is 0.793. The van der Waals surface area contributed by atoms with E-state index in [1.165, 1.54) is 42.2 Å². The van der Waals surface area contributed by atoms with E-state index in [1.807, 2.05) is 5.51 Å². The largest absolute Gasteiger partial charge is 0.316 e. The third-order valence-corrected chi connectivity index (χ3v) is 5.53. The molecule has 0 spiro atoms. The Bertz CT molecular complexity index is 515. The summed E-state index contributed by atoms with van der Waals surface area (Å²) in [6, 6.07) is 2.24. The first-order valence-corrected chi connectivity index (χ1v) is 8.96. The number of thiazole rings is 1. The molecule has 5 heteroatoms. The van der Waals surface area contributed by atoms with Crippen molar-refractivity contribution in [1.82, 2.24) is 15.2 Å². The third-order valence-electron chi connectivity index (χ3n) is 3.88. The molecular formula is C15H21N3S2. The molecule has 108 valence electrons. The molecular weight excluding hydrogens is 286 g/mol. The summed E-state index contributed by atoms with van der Waals surface area (Å²) in [7, 11) is 0. The summed E-state index contributed by atoms with van der Waals surface area (Å²) < 4.78 is 0. The van der Waals surface area contributed by atoms with Gasteiger partial charge < -0.3 is 5.32 Å². The van der Waals surface area contributed by atoms with Crippen LogP contribution in [0, 0.1) is 12.8 Å². The van der Waals surface area contributed by atoms with Gasteiger partial charge in [0.15, 0.2) is 0 Å². The van der Waals surface area contributed by atoms with Gasteiger partial charge in [0.1, 0.15) is 0 Å². The van der Waals surface area contributed by atoms with E-state index in [2.05, 4.69) is 39.0 Å². The molecule has 1 aliphatic heterocycles. The Morgan fingerprint density at radius 1 is 1.45 bits per heavy atom. The molecule has 20 heavy (non-hydrogen) atoms. The zero-order chi connectivity index (χ0) is 13.8. The number of nitrogens with zero attached hydrogens (tertiary/aromatic N) is 2. The molecule has 2 aromatic rings. The summed E-state index contributed by atoms with van der Waals surface area (Å²) >= 11 is 3.57. The van der Waals surface area contributed by atoms with Gasteiger partial charge >= 0.3 is 0 Å². The Morgan fingerprint density at radius 2 is 2.40 bits per heavy atom. The monoisotopic (exact) mass is 307 g/mol. The van der Waals surface area contributed by atoms with Crippen molar-refractivity contribution < 1.29 is 0 Å². The van der Waals surface area contributed by atoms with Crippen LogP contribution in [0.2, 0.25) is 0 Å². The van der Waals surface area contributed by atoms with Crippen molar-refractivity contribution in [2.24, 2.45) is 5.92 Å². The SMILES string of the molecule is Cc1ncsc1CN(Cc1ccsc1)C[C@@H]1CCNC1. The highest BCUT2D eigenvalue weighted by Gasteiger charge is 2.19. The summed E-state index contributed by atoms with van der Waals surface area (Å²) in [5.41, 5.74) is 4.59. The maximum Gasteiger partial charge on any atom is 0.0798 e. The zero-order valence-electron chi connectivity index (χ0n) is 11.8. The fourth-order valence-corrected chi connectivity index (χ4v) is 4.22. The molecule has 0 aromatic carbocycles. The number of aromatic nitrogens is 1. The Balaban J connectivity index is 1.67. The first-order chi connectivity index (χ1) is 9.81. The third kappa shape index (κ3) is 3.67. The van der Waals surface area contributed by atoms with Crippen LogP contribution in [0.5, 0.6) is 0 Å². The number of thiophene rings is 1. The predicted molar refractivity (Wildman–Crippen MR) is 86.3 cm³/mol. The lowest BCUT2D eigenvalue weighted by molar-refractivity contribution is 0.222. The average Bonchev–Trinajstić information content (AvgIpc) is 3.15. The molecule has 0 saturated carbocycles. The lowest BCUT2D eigenvalue weighted by Crippen LogP contribution is -2.29. The fraction of sp³-hybridized carbons (Fsp3) is 0.533. The number of rotatable bonds is 6. The summed E-state index contributed by atoms with van der Waals surface area (Å²) in [6.45, 7) is 7.73. The normalized spacial score (nSPS) is 19.0. The van der Waals surface area contributed by atoms with Gasteiger partial charge in [-0.25, -0.2) is 4.98 Å². The van der Waals surface area contributed by atoms with Crippen molar-refractivity contribution in [3.05, 3.63) is 38.5 Å². The van der Waals surface area contributed by atoms with Gasteiger partial charge in [-0.05, 0) is 54.7 Å². The molecule has 0 amide bonds. The molecule has 2 aromatic heterocycles. The summed E-state index contributed by atoms with van der Waals surface area (Å²) in [5, 5.41) is 7.91. The minimum Gasteiger partial charge on any atom is -0.316 e. The lowest BCUT2D eigenvalue weighted by Gasteiger charge is -2.24. The van der Waals surface area contributed by atoms with Gasteiger partial charge in [0.25, 0.3) is 0 Å². The molecule has 3 rings (SSSR count). The van der Waals surface area contributed by atoms with Crippen LogP contribution in [0.3, 0.4) is 0 Å². The number of nitrogens with one attached hydrogen (secondary N) is 1. The van der Waals surface area contributed by atoms with Crippen LogP contribution in [0.4, 0.5) is 0 Å². The van der Waals surface area contributed by atoms with Gasteiger partial charge in [0.05, 0.1) is 11.2 Å². The molecule has 1 fully saturated rings. The molecule has 1 saturated heterocycles. The lowest BCUT2D eigenvalue weighted by atomic mass is 10.1. The predicted octanol–water partition coefficient (Wildman–Crippen LogP) is 3.12. The summed E-state index contributed by atoms with van der Waals surface area (Å²) in [6.07, 6.45) is 1.31. The second kappa shape index (κ2) is 6.80. The molecule has 1 N–H and O–H groups in total. The van der Waals surface area contributed by atoms with E-state index < -0.39 is 0 Å². The highest BCUT2D eigenvalue weighted by Crippen LogP contribution is 2.20. The molecule has 0 unspecified atom stereocenters. The molecule has 0 aliphatic carbocycles. The van der Waals surface area contributed by atoms with E-state index in [-0.39, 0.29) is 0 Å². The van der Waals surface area contributed by atoms with E-state index >= 15 is 0 Å². The Morgan fingerprint density at radius 3 is 3.05 bits per heavy atom. The number of aryl methyl sites for hydroxylation is 1. The maximum atomic E-state index is 4.38. The summed E-state index contributed by atoms with van der Waals surface area (Å²) in [5.74, 6) is 0.793. The first-order valence-electron chi connectivity index (χ1n) is 7.14. The van der Waals surface area contributed by atoms with Crippen molar-refractivity contribution in [1.29, 1.82) is 0 Å². The smallest absolute Gasteiger partial charge is 0.0798 e. The Labute approximate surface area is 128 Å². The van der Waals surface area contributed by atoms with Crippen LogP contribution >= 0.6 is 22.7 Å². The van der Waals surface area contributed by atoms with Crippen molar-refractivity contribution in [2.45, 2.75) is 26.4 Å². The summed E-state index contributed by atoms with van der Waals surface area (Å²) in [4.78, 5) is 8.37. The van der Waals surface area contributed by atoms with Crippen molar-refractivity contribution >= 4 is 22.7 Å². The number of hydrogen-bond donors (Lipinski definition) is 1. The molecule has 0 radical (unpaired) electrons. The molecule has 3 heterocycles. The van der Waals surface area contributed by atoms with Gasteiger partial charge in [0.2, 0.25) is 0 Å². The van der Waals surface area contributed by atoms with E-state index in [4.69, 9.17) is 0 Å². The quantitative estimate of drug-likeness (QED) is 0.889. The van der Waals surface area contributed by atoms with Crippen LogP contribution in [0.25, 0.3) is 0 Å². The molecule has 0 bridgehead atoms. The van der Waals surface area contributed by atoms with Gasteiger partial charge in [-0.1, -0.05) is 0 Å². The fourth-order valence-electron chi connectivity index (χ4n) is 2.74. The highest BCUT2D eigenvalue weighted by molar-refractivity contribution is 7.09. The van der Waals surface area contributed by atoms with Crippen molar-refractivity contribution in [3.63, 3.8) is 0 Å². The van der Waals surface area contributed by atoms with Crippen LogP contribution < -0.4 is 5.32 Å². The minimum atomic E-state index is 0.793. The van der Waals surface area contributed by atoms with Crippen LogP contribution in [-0.4, -0.2) is 29.5 Å². The van der Waals surface area contributed by atoms with Gasteiger partial charge in [-0.2, -0.15) is 11.3 Å². The molecule has 1 aliphatic rings. The van der Waals surface area contributed by atoms with E-state index in [9.17, 15) is 0 Å². The van der Waals surface area contributed by atoms with Gasteiger partial charge in [0, 0.05) is 24.5 Å². The van der Waals surface area contributed by atoms with E-state index in [1.54, 1.807) is 22.7 Å². The van der Waals surface area contributed by atoms with Crippen LogP contribution in [0.1, 0.15) is 22.6 Å². The highest BCUT2D eigenvalue weighted by atomic mass is 32.1. The van der Waals surface area contributed by atoms with Gasteiger partial charge in [-0.3, -0.25) is 4.90 Å². The van der Waals surface area contributed by atoms with Crippen molar-refractivity contribution in [3.8, 4) is 0 Å². The topological polar surface area (TPSA) is 28.2 Å². The van der Waals surface area contributed by atoms with Crippen molar-refractivity contribution in [2.75, 3.05) is 19.6 Å². The zero-order valence-corrected chi connectivity index (χ0v) is 13.5. The second-order valence-electron chi connectivity index (χ2n) is 5.52. The van der Waals surface area contributed by atoms with Crippen LogP contribution in [0.15, 0.2) is 22.3 Å². The van der Waals surface area contributed by atoms with Gasteiger partial charge in [-0.15, -0.1) is 11.3 Å². The maximum absolute atomic E-state index is 4.38. The molecule has 3 nitrogen and oxygen atoms in total.